The molecular formula is C19H18N2O3. The molecule has 1 saturated heterocycles. The monoisotopic (exact) mass is 322 g/mol. The Hall–Kier alpha value is -2.43. The summed E-state index contributed by atoms with van der Waals surface area (Å²) in [7, 11) is 1.61. The molecule has 0 radical (unpaired) electrons. The van der Waals surface area contributed by atoms with Crippen LogP contribution in [0.2, 0.25) is 0 Å². The van der Waals surface area contributed by atoms with Gasteiger partial charge in [0.1, 0.15) is 5.75 Å². The average molecular weight is 322 g/mol. The van der Waals surface area contributed by atoms with Gasteiger partial charge in [-0.25, -0.2) is 0 Å². The van der Waals surface area contributed by atoms with Crippen LogP contribution in [0.25, 0.3) is 0 Å². The smallest absolute Gasteiger partial charge is 0.254 e. The van der Waals surface area contributed by atoms with Gasteiger partial charge in [-0.15, -0.1) is 0 Å². The summed E-state index contributed by atoms with van der Waals surface area (Å²) in [6.07, 6.45) is 7.08. The number of allylic oxidation sites excluding steroid dienone is 2. The number of amides is 2. The zero-order valence-electron chi connectivity index (χ0n) is 13.3. The number of rotatable bonds is 3. The Morgan fingerprint density at radius 1 is 1.04 bits per heavy atom. The molecule has 3 fully saturated rings. The van der Waals surface area contributed by atoms with Crippen molar-refractivity contribution in [1.82, 2.24) is 5.01 Å². The minimum atomic E-state index is -0.190. The molecule has 1 aromatic rings. The SMILES string of the molecule is COc1ccc(/C=N/N2C(=O)[C@H]3[C@@H]4C=C[C@H]([C@H]5C[C@H]45)[C@@H]3C2=O)cc1. The van der Waals surface area contributed by atoms with Gasteiger partial charge in [0.15, 0.2) is 0 Å². The highest BCUT2D eigenvalue weighted by Gasteiger charge is 2.67. The highest BCUT2D eigenvalue weighted by Crippen LogP contribution is 2.65. The molecule has 1 aliphatic heterocycles. The number of benzene rings is 1. The number of imide groups is 1. The molecule has 122 valence electrons. The molecule has 2 amide bonds. The lowest BCUT2D eigenvalue weighted by Gasteiger charge is -2.37. The second kappa shape index (κ2) is 4.79. The average Bonchev–Trinajstić information content (AvgIpc) is 3.39. The molecule has 24 heavy (non-hydrogen) atoms. The van der Waals surface area contributed by atoms with Crippen molar-refractivity contribution in [3.63, 3.8) is 0 Å². The van der Waals surface area contributed by atoms with Crippen molar-refractivity contribution in [2.75, 3.05) is 7.11 Å². The zero-order valence-corrected chi connectivity index (χ0v) is 13.3. The van der Waals surface area contributed by atoms with Gasteiger partial charge in [-0.2, -0.15) is 10.1 Å². The van der Waals surface area contributed by atoms with Gasteiger partial charge in [0.05, 0.1) is 25.2 Å². The normalized spacial score (nSPS) is 38.6. The van der Waals surface area contributed by atoms with Gasteiger partial charge in [-0.1, -0.05) is 12.2 Å². The summed E-state index contributed by atoms with van der Waals surface area (Å²) in [5, 5.41) is 5.32. The lowest BCUT2D eigenvalue weighted by Crippen LogP contribution is -2.40. The van der Waals surface area contributed by atoms with Gasteiger partial charge in [0, 0.05) is 0 Å². The number of hydrogen-bond donors (Lipinski definition) is 0. The number of nitrogens with zero attached hydrogens (tertiary/aromatic N) is 2. The Bertz CT molecular complexity index is 746. The summed E-state index contributed by atoms with van der Waals surface area (Å²) in [5.41, 5.74) is 0.829. The Labute approximate surface area is 140 Å². The highest BCUT2D eigenvalue weighted by atomic mass is 16.5. The van der Waals surface area contributed by atoms with Crippen LogP contribution < -0.4 is 4.74 Å². The Morgan fingerprint density at radius 3 is 2.17 bits per heavy atom. The van der Waals surface area contributed by atoms with Crippen LogP contribution in [0.5, 0.6) is 5.75 Å². The largest absolute Gasteiger partial charge is 0.497 e. The molecule has 0 unspecified atom stereocenters. The lowest BCUT2D eigenvalue weighted by molar-refractivity contribution is -0.140. The third kappa shape index (κ3) is 1.78. The number of methoxy groups -OCH3 is 1. The molecule has 6 rings (SSSR count). The molecule has 0 aromatic heterocycles. The third-order valence-corrected chi connectivity index (χ3v) is 6.08. The molecular weight excluding hydrogens is 304 g/mol. The van der Waals surface area contributed by atoms with Crippen LogP contribution in [-0.2, 0) is 9.59 Å². The maximum Gasteiger partial charge on any atom is 0.254 e. The van der Waals surface area contributed by atoms with Gasteiger partial charge in [-0.05, 0) is 59.9 Å². The van der Waals surface area contributed by atoms with Crippen molar-refractivity contribution in [2.24, 2.45) is 40.6 Å². The fourth-order valence-corrected chi connectivity index (χ4v) is 4.87. The van der Waals surface area contributed by atoms with E-state index >= 15 is 0 Å². The van der Waals surface area contributed by atoms with E-state index in [1.807, 2.05) is 24.3 Å². The van der Waals surface area contributed by atoms with Crippen molar-refractivity contribution in [3.8, 4) is 5.75 Å². The Kier molecular flexibility index (Phi) is 2.78. The molecule has 0 spiro atoms. The summed E-state index contributed by atoms with van der Waals surface area (Å²) in [6, 6.07) is 7.35. The molecule has 5 aliphatic rings. The molecule has 5 heteroatoms. The zero-order chi connectivity index (χ0) is 16.4. The van der Waals surface area contributed by atoms with Crippen LogP contribution in [0.15, 0.2) is 41.5 Å². The fraction of sp³-hybridized carbons (Fsp3) is 0.421. The van der Waals surface area contributed by atoms with E-state index in [9.17, 15) is 9.59 Å². The molecule has 1 aromatic carbocycles. The summed E-state index contributed by atoms with van der Waals surface area (Å²) in [5.74, 6) is 1.83. The van der Waals surface area contributed by atoms with E-state index in [2.05, 4.69) is 17.3 Å². The van der Waals surface area contributed by atoms with Gasteiger partial charge in [-0.3, -0.25) is 9.59 Å². The van der Waals surface area contributed by atoms with Crippen LogP contribution in [0.4, 0.5) is 0 Å². The predicted molar refractivity (Wildman–Crippen MR) is 87.1 cm³/mol. The Balaban J connectivity index is 1.41. The van der Waals surface area contributed by atoms with Crippen molar-refractivity contribution < 1.29 is 14.3 Å². The van der Waals surface area contributed by atoms with Crippen molar-refractivity contribution in [1.29, 1.82) is 0 Å². The minimum absolute atomic E-state index is 0.125. The van der Waals surface area contributed by atoms with E-state index in [1.165, 1.54) is 6.42 Å². The first-order valence-corrected chi connectivity index (χ1v) is 8.43. The summed E-state index contributed by atoms with van der Waals surface area (Å²) >= 11 is 0. The first kappa shape index (κ1) is 14.0. The van der Waals surface area contributed by atoms with Crippen molar-refractivity contribution in [2.45, 2.75) is 6.42 Å². The molecule has 2 bridgehead atoms. The summed E-state index contributed by atoms with van der Waals surface area (Å²) < 4.78 is 5.12. The second-order valence-corrected chi connectivity index (χ2v) is 7.16. The molecule has 6 atom stereocenters. The number of ether oxygens (including phenoxy) is 1. The third-order valence-electron chi connectivity index (χ3n) is 6.08. The number of hydrazone groups is 1. The number of carbonyl (C=O) groups is 2. The molecule has 5 nitrogen and oxygen atoms in total. The quantitative estimate of drug-likeness (QED) is 0.486. The minimum Gasteiger partial charge on any atom is -0.497 e. The van der Waals surface area contributed by atoms with Crippen LogP contribution in [0.1, 0.15) is 12.0 Å². The van der Waals surface area contributed by atoms with Crippen molar-refractivity contribution in [3.05, 3.63) is 42.0 Å². The standard InChI is InChI=1S/C19H18N2O3/c1-24-11-4-2-10(3-5-11)9-20-21-18(22)16-12-6-7-13(15-8-14(12)15)17(16)19(21)23/h2-7,9,12-17H,8H2,1H3/b20-9+/t12-,13-,14-,15-,16+,17+/m1/s1. The number of carbonyl (C=O) groups excluding carboxylic acids is 2. The predicted octanol–water partition coefficient (Wildman–Crippen LogP) is 2.08. The molecule has 0 N–H and O–H groups in total. The van der Waals surface area contributed by atoms with Gasteiger partial charge < -0.3 is 4.74 Å². The fourth-order valence-electron chi connectivity index (χ4n) is 4.87. The highest BCUT2D eigenvalue weighted by molar-refractivity contribution is 6.06. The number of hydrogen-bond acceptors (Lipinski definition) is 4. The van der Waals surface area contributed by atoms with Gasteiger partial charge in [0.2, 0.25) is 0 Å². The maximum absolute atomic E-state index is 12.8. The molecule has 1 heterocycles. The second-order valence-electron chi connectivity index (χ2n) is 7.16. The van der Waals surface area contributed by atoms with Crippen LogP contribution in [0, 0.1) is 35.5 Å². The summed E-state index contributed by atoms with van der Waals surface area (Å²) in [6.45, 7) is 0. The Morgan fingerprint density at radius 2 is 1.62 bits per heavy atom. The van der Waals surface area contributed by atoms with E-state index in [0.29, 0.717) is 11.8 Å². The lowest BCUT2D eigenvalue weighted by atomic mass is 9.63. The van der Waals surface area contributed by atoms with Crippen molar-refractivity contribution >= 4 is 18.0 Å². The maximum atomic E-state index is 12.8. The first-order valence-electron chi connectivity index (χ1n) is 8.43. The van der Waals surface area contributed by atoms with Gasteiger partial charge >= 0.3 is 0 Å². The molecule has 2 saturated carbocycles. The van der Waals surface area contributed by atoms with E-state index in [-0.39, 0.29) is 35.5 Å². The van der Waals surface area contributed by atoms with Crippen LogP contribution in [-0.4, -0.2) is 30.1 Å². The van der Waals surface area contributed by atoms with E-state index < -0.39 is 0 Å². The van der Waals surface area contributed by atoms with Gasteiger partial charge in [0.25, 0.3) is 11.8 Å². The topological polar surface area (TPSA) is 59.0 Å². The van der Waals surface area contributed by atoms with E-state index in [0.717, 1.165) is 16.3 Å². The van der Waals surface area contributed by atoms with Crippen LogP contribution in [0.3, 0.4) is 0 Å². The molecule has 4 aliphatic carbocycles. The first-order chi connectivity index (χ1) is 11.7. The summed E-state index contributed by atoms with van der Waals surface area (Å²) in [4.78, 5) is 25.5. The van der Waals surface area contributed by atoms with E-state index in [4.69, 9.17) is 4.74 Å². The van der Waals surface area contributed by atoms with E-state index in [1.54, 1.807) is 13.3 Å². The van der Waals surface area contributed by atoms with Crippen LogP contribution >= 0.6 is 0 Å².